The van der Waals surface area contributed by atoms with E-state index in [1.54, 1.807) is 0 Å². The molecule has 0 radical (unpaired) electrons. The van der Waals surface area contributed by atoms with E-state index in [1.807, 2.05) is 18.2 Å². The number of benzene rings is 1. The van der Waals surface area contributed by atoms with Gasteiger partial charge in [-0.25, -0.2) is 4.79 Å². The first kappa shape index (κ1) is 13.5. The molecule has 0 aromatic heterocycles. The lowest BCUT2D eigenvalue weighted by Gasteiger charge is -2.17. The van der Waals surface area contributed by atoms with Gasteiger partial charge < -0.3 is 16.0 Å². The number of amides is 2. The highest BCUT2D eigenvalue weighted by molar-refractivity contribution is 5.87. The van der Waals surface area contributed by atoms with E-state index >= 15 is 0 Å². The van der Waals surface area contributed by atoms with Crippen molar-refractivity contribution < 1.29 is 4.79 Å². The molecule has 0 saturated heterocycles. The molecule has 0 heterocycles. The highest BCUT2D eigenvalue weighted by Gasteiger charge is 2.01. The number of anilines is 1. The largest absolute Gasteiger partial charge is 0.351 e. The topological polar surface area (TPSA) is 58.4 Å². The maximum Gasteiger partial charge on any atom is 0.316 e. The lowest BCUT2D eigenvalue weighted by molar-refractivity contribution is 0.259. The van der Waals surface area contributed by atoms with Gasteiger partial charge >= 0.3 is 6.03 Å². The molecule has 2 amide bonds. The zero-order valence-corrected chi connectivity index (χ0v) is 10.6. The molecule has 0 atom stereocenters. The van der Waals surface area contributed by atoms with Gasteiger partial charge in [-0.3, -0.25) is 0 Å². The second kappa shape index (κ2) is 6.91. The SMILES string of the molecule is CCN(CC)CCc1cccc(NC(N)=O)c1. The fraction of sp³-hybridized carbons (Fsp3) is 0.462. The van der Waals surface area contributed by atoms with Gasteiger partial charge in [-0.2, -0.15) is 0 Å². The average Bonchev–Trinajstić information content (AvgIpc) is 2.30. The minimum absolute atomic E-state index is 0.522. The van der Waals surface area contributed by atoms with Gasteiger partial charge in [0.05, 0.1) is 0 Å². The number of hydrogen-bond acceptors (Lipinski definition) is 2. The van der Waals surface area contributed by atoms with Crippen molar-refractivity contribution >= 4 is 11.7 Å². The molecule has 0 fully saturated rings. The Bertz CT molecular complexity index is 361. The van der Waals surface area contributed by atoms with Crippen molar-refractivity contribution in [1.82, 2.24) is 4.90 Å². The van der Waals surface area contributed by atoms with Crippen molar-refractivity contribution in [2.24, 2.45) is 5.73 Å². The van der Waals surface area contributed by atoms with E-state index < -0.39 is 6.03 Å². The van der Waals surface area contributed by atoms with E-state index in [1.165, 1.54) is 5.56 Å². The van der Waals surface area contributed by atoms with Gasteiger partial charge in [-0.1, -0.05) is 26.0 Å². The van der Waals surface area contributed by atoms with E-state index in [2.05, 4.69) is 30.1 Å². The molecule has 17 heavy (non-hydrogen) atoms. The number of nitrogens with one attached hydrogen (secondary N) is 1. The summed E-state index contributed by atoms with van der Waals surface area (Å²) in [6.07, 6.45) is 0.982. The van der Waals surface area contributed by atoms with Crippen molar-refractivity contribution in [2.75, 3.05) is 25.0 Å². The monoisotopic (exact) mass is 235 g/mol. The first-order valence-electron chi connectivity index (χ1n) is 6.03. The van der Waals surface area contributed by atoms with Crippen LogP contribution in [0.1, 0.15) is 19.4 Å². The quantitative estimate of drug-likeness (QED) is 0.793. The Morgan fingerprint density at radius 3 is 2.65 bits per heavy atom. The molecule has 0 aliphatic heterocycles. The van der Waals surface area contributed by atoms with Crippen LogP contribution in [0.4, 0.5) is 10.5 Å². The van der Waals surface area contributed by atoms with Crippen molar-refractivity contribution in [3.05, 3.63) is 29.8 Å². The van der Waals surface area contributed by atoms with Gasteiger partial charge in [0, 0.05) is 12.2 Å². The Morgan fingerprint density at radius 2 is 2.06 bits per heavy atom. The Morgan fingerprint density at radius 1 is 1.35 bits per heavy atom. The third-order valence-electron chi connectivity index (χ3n) is 2.81. The fourth-order valence-electron chi connectivity index (χ4n) is 1.77. The molecular weight excluding hydrogens is 214 g/mol. The summed E-state index contributed by atoms with van der Waals surface area (Å²) < 4.78 is 0. The Hall–Kier alpha value is -1.55. The molecule has 4 nitrogen and oxygen atoms in total. The lowest BCUT2D eigenvalue weighted by Crippen LogP contribution is -2.25. The van der Waals surface area contributed by atoms with Crippen molar-refractivity contribution in [3.63, 3.8) is 0 Å². The van der Waals surface area contributed by atoms with Gasteiger partial charge in [0.2, 0.25) is 0 Å². The summed E-state index contributed by atoms with van der Waals surface area (Å²) in [5.74, 6) is 0. The van der Waals surface area contributed by atoms with Crippen LogP contribution in [0.25, 0.3) is 0 Å². The van der Waals surface area contributed by atoms with Crippen LogP contribution >= 0.6 is 0 Å². The molecule has 3 N–H and O–H groups in total. The van der Waals surface area contributed by atoms with E-state index in [0.29, 0.717) is 0 Å². The van der Waals surface area contributed by atoms with Crippen LogP contribution in [0.5, 0.6) is 0 Å². The molecule has 94 valence electrons. The molecule has 0 aliphatic rings. The number of hydrogen-bond donors (Lipinski definition) is 2. The summed E-state index contributed by atoms with van der Waals surface area (Å²) in [6.45, 7) is 7.49. The molecule has 0 saturated carbocycles. The zero-order chi connectivity index (χ0) is 12.7. The van der Waals surface area contributed by atoms with Crippen LogP contribution in [-0.4, -0.2) is 30.6 Å². The maximum absolute atomic E-state index is 10.7. The van der Waals surface area contributed by atoms with Gasteiger partial charge in [0.25, 0.3) is 0 Å². The second-order valence-corrected chi connectivity index (χ2v) is 3.97. The third-order valence-corrected chi connectivity index (χ3v) is 2.81. The van der Waals surface area contributed by atoms with Gasteiger partial charge in [0.15, 0.2) is 0 Å². The summed E-state index contributed by atoms with van der Waals surface area (Å²) >= 11 is 0. The Kier molecular flexibility index (Phi) is 5.49. The van der Waals surface area contributed by atoms with Crippen LogP contribution in [0.15, 0.2) is 24.3 Å². The van der Waals surface area contributed by atoms with Gasteiger partial charge in [-0.15, -0.1) is 0 Å². The lowest BCUT2D eigenvalue weighted by atomic mass is 10.1. The second-order valence-electron chi connectivity index (χ2n) is 3.97. The van der Waals surface area contributed by atoms with Crippen molar-refractivity contribution in [2.45, 2.75) is 20.3 Å². The maximum atomic E-state index is 10.7. The molecule has 0 bridgehead atoms. The van der Waals surface area contributed by atoms with E-state index in [9.17, 15) is 4.79 Å². The van der Waals surface area contributed by atoms with Crippen LogP contribution in [-0.2, 0) is 6.42 Å². The number of likely N-dealkylation sites (N-methyl/N-ethyl adjacent to an activating group) is 1. The van der Waals surface area contributed by atoms with Crippen molar-refractivity contribution in [3.8, 4) is 0 Å². The summed E-state index contributed by atoms with van der Waals surface area (Å²) in [7, 11) is 0. The van der Waals surface area contributed by atoms with Gasteiger partial charge in [0.1, 0.15) is 0 Å². The predicted octanol–water partition coefficient (Wildman–Crippen LogP) is 2.06. The van der Waals surface area contributed by atoms with E-state index in [0.717, 1.165) is 31.7 Å². The highest BCUT2D eigenvalue weighted by Crippen LogP contribution is 2.11. The highest BCUT2D eigenvalue weighted by atomic mass is 16.2. The third kappa shape index (κ3) is 4.87. The molecule has 1 aromatic rings. The Labute approximate surface area is 103 Å². The van der Waals surface area contributed by atoms with Crippen LogP contribution in [0, 0.1) is 0 Å². The molecule has 1 aromatic carbocycles. The predicted molar refractivity (Wildman–Crippen MR) is 71.1 cm³/mol. The number of nitrogens with zero attached hydrogens (tertiary/aromatic N) is 1. The number of urea groups is 1. The number of rotatable bonds is 6. The fourth-order valence-corrected chi connectivity index (χ4v) is 1.77. The molecule has 0 unspecified atom stereocenters. The van der Waals surface area contributed by atoms with E-state index in [4.69, 9.17) is 5.73 Å². The summed E-state index contributed by atoms with van der Waals surface area (Å²) in [5.41, 5.74) is 7.05. The molecule has 0 spiro atoms. The number of carbonyl (C=O) groups excluding carboxylic acids is 1. The first-order valence-corrected chi connectivity index (χ1v) is 6.03. The summed E-state index contributed by atoms with van der Waals surface area (Å²) in [4.78, 5) is 13.1. The van der Waals surface area contributed by atoms with Gasteiger partial charge in [-0.05, 0) is 37.2 Å². The first-order chi connectivity index (χ1) is 8.15. The minimum atomic E-state index is -0.522. The van der Waals surface area contributed by atoms with Crippen LogP contribution < -0.4 is 11.1 Å². The normalized spacial score (nSPS) is 10.5. The zero-order valence-electron chi connectivity index (χ0n) is 10.6. The van der Waals surface area contributed by atoms with E-state index in [-0.39, 0.29) is 0 Å². The molecule has 1 rings (SSSR count). The molecule has 4 heteroatoms. The van der Waals surface area contributed by atoms with Crippen molar-refractivity contribution in [1.29, 1.82) is 0 Å². The van der Waals surface area contributed by atoms with Crippen LogP contribution in [0.3, 0.4) is 0 Å². The molecule has 0 aliphatic carbocycles. The minimum Gasteiger partial charge on any atom is -0.351 e. The smallest absolute Gasteiger partial charge is 0.316 e. The molecular formula is C13H21N3O. The summed E-state index contributed by atoms with van der Waals surface area (Å²) in [5, 5.41) is 2.59. The number of primary amides is 1. The number of carbonyl (C=O) groups is 1. The number of nitrogens with two attached hydrogens (primary N) is 1. The standard InChI is InChI=1S/C13H21N3O/c1-3-16(4-2)9-8-11-6-5-7-12(10-11)15-13(14)17/h5-7,10H,3-4,8-9H2,1-2H3,(H3,14,15,17). The Balaban J connectivity index is 2.56. The van der Waals surface area contributed by atoms with Crippen LogP contribution in [0.2, 0.25) is 0 Å². The average molecular weight is 235 g/mol. The summed E-state index contributed by atoms with van der Waals surface area (Å²) in [6, 6.07) is 7.28.